The van der Waals surface area contributed by atoms with Crippen LogP contribution in [0.2, 0.25) is 0 Å². The number of hydrogen-bond acceptors (Lipinski definition) is 4. The van der Waals surface area contributed by atoms with Gasteiger partial charge in [0.15, 0.2) is 0 Å². The van der Waals surface area contributed by atoms with Gasteiger partial charge in [-0.1, -0.05) is 13.8 Å². The van der Waals surface area contributed by atoms with Crippen LogP contribution in [0.1, 0.15) is 25.2 Å². The van der Waals surface area contributed by atoms with Gasteiger partial charge < -0.3 is 0 Å². The first-order chi connectivity index (χ1) is 12.1. The van der Waals surface area contributed by atoms with Crippen LogP contribution in [0.4, 0.5) is 13.2 Å². The van der Waals surface area contributed by atoms with Gasteiger partial charge in [0.05, 0.1) is 16.1 Å². The summed E-state index contributed by atoms with van der Waals surface area (Å²) in [5.41, 5.74) is -2.29. The van der Waals surface area contributed by atoms with Crippen molar-refractivity contribution in [3.05, 3.63) is 56.5 Å². The number of hydrogen-bond donors (Lipinski definition) is 0. The SMILES string of the molecule is Cc1nsc2ccc(-n3c(=O)cc(C(F)(F)F)n(CC(C)C)c3=O)cc12. The number of fused-ring (bicyclic) bond motifs is 1. The molecule has 138 valence electrons. The number of rotatable bonds is 3. The highest BCUT2D eigenvalue weighted by atomic mass is 32.1. The highest BCUT2D eigenvalue weighted by Gasteiger charge is 2.36. The van der Waals surface area contributed by atoms with Crippen molar-refractivity contribution >= 4 is 21.6 Å². The molecule has 0 fully saturated rings. The van der Waals surface area contributed by atoms with Crippen molar-refractivity contribution in [1.29, 1.82) is 0 Å². The second-order valence-corrected chi connectivity index (χ2v) is 7.24. The van der Waals surface area contributed by atoms with Crippen LogP contribution >= 0.6 is 11.5 Å². The highest BCUT2D eigenvalue weighted by Crippen LogP contribution is 2.28. The average molecular weight is 383 g/mol. The van der Waals surface area contributed by atoms with Gasteiger partial charge in [0, 0.05) is 18.0 Å². The van der Waals surface area contributed by atoms with Gasteiger partial charge in [0.2, 0.25) is 0 Å². The maximum Gasteiger partial charge on any atom is 0.431 e. The molecule has 0 amide bonds. The largest absolute Gasteiger partial charge is 0.431 e. The van der Waals surface area contributed by atoms with Crippen LogP contribution in [-0.4, -0.2) is 13.5 Å². The van der Waals surface area contributed by atoms with E-state index in [1.54, 1.807) is 32.9 Å². The van der Waals surface area contributed by atoms with Crippen LogP contribution in [-0.2, 0) is 12.7 Å². The lowest BCUT2D eigenvalue weighted by Gasteiger charge is -2.18. The minimum absolute atomic E-state index is 0.144. The van der Waals surface area contributed by atoms with E-state index in [1.165, 1.54) is 17.6 Å². The lowest BCUT2D eigenvalue weighted by molar-refractivity contribution is -0.144. The molecule has 2 heterocycles. The summed E-state index contributed by atoms with van der Waals surface area (Å²) in [6.07, 6.45) is -4.79. The molecule has 0 bridgehead atoms. The Morgan fingerprint density at radius 3 is 2.50 bits per heavy atom. The summed E-state index contributed by atoms with van der Waals surface area (Å²) in [6.45, 7) is 5.05. The monoisotopic (exact) mass is 383 g/mol. The molecule has 26 heavy (non-hydrogen) atoms. The Kier molecular flexibility index (Phi) is 4.51. The van der Waals surface area contributed by atoms with Gasteiger partial charge in [-0.25, -0.2) is 9.36 Å². The normalized spacial score (nSPS) is 12.3. The van der Waals surface area contributed by atoms with E-state index in [0.29, 0.717) is 10.6 Å². The maximum absolute atomic E-state index is 13.3. The summed E-state index contributed by atoms with van der Waals surface area (Å²) >= 11 is 1.27. The van der Waals surface area contributed by atoms with Crippen molar-refractivity contribution in [1.82, 2.24) is 13.5 Å². The van der Waals surface area contributed by atoms with Crippen molar-refractivity contribution in [2.24, 2.45) is 5.92 Å². The molecule has 3 rings (SSSR count). The van der Waals surface area contributed by atoms with Crippen LogP contribution in [0.25, 0.3) is 15.8 Å². The molecule has 0 aliphatic rings. The first-order valence-electron chi connectivity index (χ1n) is 7.90. The number of aromatic nitrogens is 3. The third kappa shape index (κ3) is 3.18. The molecule has 0 radical (unpaired) electrons. The summed E-state index contributed by atoms with van der Waals surface area (Å²) in [7, 11) is 0. The van der Waals surface area contributed by atoms with E-state index >= 15 is 0 Å². The van der Waals surface area contributed by atoms with E-state index in [0.717, 1.165) is 20.3 Å². The smallest absolute Gasteiger partial charge is 0.288 e. The Bertz CT molecular complexity index is 1090. The van der Waals surface area contributed by atoms with Gasteiger partial charge >= 0.3 is 11.9 Å². The lowest BCUT2D eigenvalue weighted by atomic mass is 10.2. The summed E-state index contributed by atoms with van der Waals surface area (Å²) in [5.74, 6) is -0.203. The highest BCUT2D eigenvalue weighted by molar-refractivity contribution is 7.13. The maximum atomic E-state index is 13.3. The zero-order valence-electron chi connectivity index (χ0n) is 14.3. The molecular formula is C17H16F3N3O2S. The molecule has 5 nitrogen and oxygen atoms in total. The number of aryl methyl sites for hydroxylation is 1. The fraction of sp³-hybridized carbons (Fsp3) is 0.353. The summed E-state index contributed by atoms with van der Waals surface area (Å²) in [6, 6.07) is 5.32. The minimum Gasteiger partial charge on any atom is -0.288 e. The third-order valence-electron chi connectivity index (χ3n) is 3.92. The predicted octanol–water partition coefficient (Wildman–Crippen LogP) is 3.59. The first-order valence-corrected chi connectivity index (χ1v) is 8.67. The van der Waals surface area contributed by atoms with Crippen molar-refractivity contribution in [3.63, 3.8) is 0 Å². The molecule has 2 aromatic heterocycles. The Morgan fingerprint density at radius 1 is 1.19 bits per heavy atom. The summed E-state index contributed by atoms with van der Waals surface area (Å²) in [5, 5.41) is 0.758. The fourth-order valence-electron chi connectivity index (χ4n) is 2.78. The molecule has 0 aliphatic carbocycles. The second-order valence-electron chi connectivity index (χ2n) is 6.44. The topological polar surface area (TPSA) is 56.9 Å². The molecule has 0 N–H and O–H groups in total. The summed E-state index contributed by atoms with van der Waals surface area (Å²) in [4.78, 5) is 25.1. The van der Waals surface area contributed by atoms with E-state index in [1.807, 2.05) is 0 Å². The molecule has 3 aromatic rings. The van der Waals surface area contributed by atoms with Crippen LogP contribution in [0, 0.1) is 12.8 Å². The zero-order valence-corrected chi connectivity index (χ0v) is 15.1. The molecule has 0 atom stereocenters. The standard InChI is InChI=1S/C17H16F3N3O2S/c1-9(2)8-22-14(17(18,19)20)7-15(24)23(16(22)25)11-4-5-13-12(6-11)10(3)21-26-13/h4-7,9H,8H2,1-3H3. The Balaban J connectivity index is 2.32. The van der Waals surface area contributed by atoms with Crippen LogP contribution in [0.5, 0.6) is 0 Å². The second kappa shape index (κ2) is 6.39. The van der Waals surface area contributed by atoms with Crippen molar-refractivity contribution in [3.8, 4) is 5.69 Å². The number of alkyl halides is 3. The first kappa shape index (κ1) is 18.4. The van der Waals surface area contributed by atoms with Crippen molar-refractivity contribution in [2.45, 2.75) is 33.5 Å². The van der Waals surface area contributed by atoms with E-state index in [4.69, 9.17) is 0 Å². The lowest BCUT2D eigenvalue weighted by Crippen LogP contribution is -2.42. The molecule has 0 spiro atoms. The summed E-state index contributed by atoms with van der Waals surface area (Å²) < 4.78 is 46.4. The van der Waals surface area contributed by atoms with Gasteiger partial charge in [-0.05, 0) is 42.6 Å². The predicted molar refractivity (Wildman–Crippen MR) is 94.1 cm³/mol. The molecule has 9 heteroatoms. The van der Waals surface area contributed by atoms with Crippen LogP contribution in [0.15, 0.2) is 33.9 Å². The molecule has 0 unspecified atom stereocenters. The van der Waals surface area contributed by atoms with E-state index in [-0.39, 0.29) is 18.2 Å². The average Bonchev–Trinajstić information content (AvgIpc) is 2.90. The third-order valence-corrected chi connectivity index (χ3v) is 4.84. The van der Waals surface area contributed by atoms with Gasteiger partial charge in [-0.3, -0.25) is 9.36 Å². The zero-order chi connectivity index (χ0) is 19.2. The van der Waals surface area contributed by atoms with E-state index in [9.17, 15) is 22.8 Å². The molecule has 0 saturated heterocycles. The molecule has 0 aliphatic heterocycles. The van der Waals surface area contributed by atoms with E-state index < -0.39 is 23.1 Å². The van der Waals surface area contributed by atoms with Crippen LogP contribution < -0.4 is 11.2 Å². The molecule has 0 saturated carbocycles. The number of halogens is 3. The van der Waals surface area contributed by atoms with Crippen LogP contribution in [0.3, 0.4) is 0 Å². The number of benzene rings is 1. The fourth-order valence-corrected chi connectivity index (χ4v) is 3.55. The van der Waals surface area contributed by atoms with Gasteiger partial charge in [-0.15, -0.1) is 0 Å². The van der Waals surface area contributed by atoms with Crippen molar-refractivity contribution in [2.75, 3.05) is 0 Å². The molecular weight excluding hydrogens is 367 g/mol. The van der Waals surface area contributed by atoms with Crippen molar-refractivity contribution < 1.29 is 13.2 Å². The van der Waals surface area contributed by atoms with Gasteiger partial charge in [-0.2, -0.15) is 17.5 Å². The van der Waals surface area contributed by atoms with Gasteiger partial charge in [0.1, 0.15) is 5.69 Å². The Morgan fingerprint density at radius 2 is 1.88 bits per heavy atom. The minimum atomic E-state index is -4.79. The van der Waals surface area contributed by atoms with Gasteiger partial charge in [0.25, 0.3) is 5.56 Å². The number of nitrogens with zero attached hydrogens (tertiary/aromatic N) is 3. The quantitative estimate of drug-likeness (QED) is 0.695. The molecule has 1 aromatic carbocycles. The Hall–Kier alpha value is -2.42. The van der Waals surface area contributed by atoms with E-state index in [2.05, 4.69) is 4.37 Å². The Labute approximate surface area is 150 Å².